The lowest BCUT2D eigenvalue weighted by Gasteiger charge is -2.16. The molecule has 3 heterocycles. The van der Waals surface area contributed by atoms with Crippen molar-refractivity contribution in [2.45, 2.75) is 20.3 Å². The van der Waals surface area contributed by atoms with Crippen LogP contribution in [0.1, 0.15) is 23.7 Å². The molecule has 4 aromatic rings. The summed E-state index contributed by atoms with van der Waals surface area (Å²) in [4.78, 5) is 28.7. The fraction of sp³-hybridized carbons (Fsp3) is 0.111. The van der Waals surface area contributed by atoms with Gasteiger partial charge in [0.25, 0.3) is 11.6 Å². The van der Waals surface area contributed by atoms with Gasteiger partial charge in [0.15, 0.2) is 12.4 Å². The molecule has 2 aromatic heterocycles. The molecule has 9 heteroatoms. The first-order chi connectivity index (χ1) is 17.3. The summed E-state index contributed by atoms with van der Waals surface area (Å²) in [5, 5.41) is 18.9. The highest BCUT2D eigenvalue weighted by molar-refractivity contribution is 6.53. The third-order valence-corrected chi connectivity index (χ3v) is 6.68. The molecule has 0 bridgehead atoms. The van der Waals surface area contributed by atoms with Crippen LogP contribution in [-0.2, 0) is 16.0 Å². The Morgan fingerprint density at radius 3 is 2.33 bits per heavy atom. The van der Waals surface area contributed by atoms with Crippen LogP contribution in [0.2, 0.25) is 10.0 Å². The smallest absolute Gasteiger partial charge is 0.331 e. The van der Waals surface area contributed by atoms with Crippen LogP contribution in [0.25, 0.3) is 17.0 Å². The highest BCUT2D eigenvalue weighted by atomic mass is 35.5. The first-order valence-corrected chi connectivity index (χ1v) is 12.0. The molecule has 1 aliphatic rings. The fourth-order valence-electron chi connectivity index (χ4n) is 4.27. The van der Waals surface area contributed by atoms with Crippen LogP contribution >= 0.6 is 23.2 Å². The van der Waals surface area contributed by atoms with Gasteiger partial charge < -0.3 is 5.11 Å². The van der Waals surface area contributed by atoms with Crippen molar-refractivity contribution < 1.29 is 19.3 Å². The molecule has 2 amide bonds. The van der Waals surface area contributed by atoms with E-state index in [0.29, 0.717) is 28.5 Å². The van der Waals surface area contributed by atoms with Crippen molar-refractivity contribution in [2.75, 3.05) is 4.90 Å². The van der Waals surface area contributed by atoms with Gasteiger partial charge in [0.05, 0.1) is 27.1 Å². The van der Waals surface area contributed by atoms with Crippen molar-refractivity contribution in [1.82, 2.24) is 9.78 Å². The molecule has 0 radical (unpaired) electrons. The quantitative estimate of drug-likeness (QED) is 0.290. The van der Waals surface area contributed by atoms with E-state index in [-0.39, 0.29) is 21.9 Å². The van der Waals surface area contributed by atoms with Gasteiger partial charge in [-0.05, 0) is 55.1 Å². The SMILES string of the molecule is CCc1nn(-c2ccc(Cl)c(Cl)c2)c([O-])c1C1=C([n+]2ccccc2)C(=O)N(c2cccc(C)c2)C1=O. The van der Waals surface area contributed by atoms with Gasteiger partial charge in [-0.3, -0.25) is 9.59 Å². The summed E-state index contributed by atoms with van der Waals surface area (Å²) in [7, 11) is 0. The van der Waals surface area contributed by atoms with Crippen LogP contribution in [0.3, 0.4) is 0 Å². The lowest BCUT2D eigenvalue weighted by atomic mass is 10.0. The Balaban J connectivity index is 1.76. The first kappa shape index (κ1) is 23.8. The van der Waals surface area contributed by atoms with E-state index in [2.05, 4.69) is 5.10 Å². The van der Waals surface area contributed by atoms with E-state index in [9.17, 15) is 14.7 Å². The second-order valence-corrected chi connectivity index (χ2v) is 9.10. The van der Waals surface area contributed by atoms with Gasteiger partial charge in [-0.15, -0.1) is 0 Å². The first-order valence-electron chi connectivity index (χ1n) is 11.2. The van der Waals surface area contributed by atoms with E-state index in [1.807, 2.05) is 19.9 Å². The molecule has 7 nitrogen and oxygen atoms in total. The molecule has 0 aliphatic carbocycles. The molecular formula is C27H20Cl2N4O3. The summed E-state index contributed by atoms with van der Waals surface area (Å²) in [5.41, 5.74) is 2.29. The maximum Gasteiger partial charge on any atom is 0.331 e. The maximum atomic E-state index is 13.9. The molecule has 0 saturated carbocycles. The fourth-order valence-corrected chi connectivity index (χ4v) is 4.56. The van der Waals surface area contributed by atoms with Gasteiger partial charge in [-0.2, -0.15) is 9.67 Å². The minimum Gasteiger partial charge on any atom is -0.858 e. The van der Waals surface area contributed by atoms with Crippen LogP contribution in [0.15, 0.2) is 73.1 Å². The molecule has 0 unspecified atom stereocenters. The topological polar surface area (TPSA) is 82.1 Å². The summed E-state index contributed by atoms with van der Waals surface area (Å²) in [5.74, 6) is -1.64. The molecule has 0 saturated heterocycles. The third kappa shape index (κ3) is 3.86. The minimum absolute atomic E-state index is 0.00543. The molecule has 0 spiro atoms. The van der Waals surface area contributed by atoms with Crippen LogP contribution in [0.4, 0.5) is 5.69 Å². The predicted octanol–water partition coefficient (Wildman–Crippen LogP) is 4.35. The average Bonchev–Trinajstić information content (AvgIpc) is 3.33. The zero-order chi connectivity index (χ0) is 25.6. The number of aromatic nitrogens is 3. The molecule has 0 fully saturated rings. The monoisotopic (exact) mass is 518 g/mol. The van der Waals surface area contributed by atoms with Gasteiger partial charge in [0.2, 0.25) is 0 Å². The Morgan fingerprint density at radius 1 is 0.917 bits per heavy atom. The summed E-state index contributed by atoms with van der Waals surface area (Å²) in [6, 6.07) is 17.1. The Hall–Kier alpha value is -3.94. The van der Waals surface area contributed by atoms with Crippen LogP contribution in [-0.4, -0.2) is 21.6 Å². The standard InChI is InChI=1S/C27H20Cl2N4O3/c1-3-21-22(26(35)33(30-21)18-10-11-19(28)20(29)15-18)23-24(31-12-5-4-6-13-31)27(36)32(25(23)34)17-9-7-8-16(2)14-17/h4-15H,3H2,1-2H3. The van der Waals surface area contributed by atoms with Gasteiger partial charge in [0, 0.05) is 17.7 Å². The second kappa shape index (κ2) is 9.26. The Kier molecular flexibility index (Phi) is 6.12. The number of hydrogen-bond donors (Lipinski definition) is 0. The molecule has 0 N–H and O–H groups in total. The van der Waals surface area contributed by atoms with Crippen LogP contribution in [0, 0.1) is 6.92 Å². The van der Waals surface area contributed by atoms with E-state index in [0.717, 1.165) is 10.5 Å². The number of aryl methyl sites for hydroxylation is 2. The van der Waals surface area contributed by atoms with Gasteiger partial charge in [0.1, 0.15) is 5.57 Å². The number of benzene rings is 2. The minimum atomic E-state index is -0.586. The Morgan fingerprint density at radius 2 is 1.67 bits per heavy atom. The lowest BCUT2D eigenvalue weighted by molar-refractivity contribution is -0.576. The highest BCUT2D eigenvalue weighted by Crippen LogP contribution is 2.39. The number of pyridine rings is 1. The molecule has 1 aliphatic heterocycles. The summed E-state index contributed by atoms with van der Waals surface area (Å²) < 4.78 is 2.74. The highest BCUT2D eigenvalue weighted by Gasteiger charge is 2.47. The Labute approximate surface area is 217 Å². The number of carbonyl (C=O) groups is 2. The number of imide groups is 1. The molecule has 180 valence electrons. The number of anilines is 1. The summed E-state index contributed by atoms with van der Waals surface area (Å²) in [6.07, 6.45) is 3.69. The lowest BCUT2D eigenvalue weighted by Crippen LogP contribution is -2.39. The van der Waals surface area contributed by atoms with Crippen molar-refractivity contribution in [1.29, 1.82) is 0 Å². The van der Waals surface area contributed by atoms with Crippen LogP contribution < -0.4 is 14.6 Å². The zero-order valence-corrected chi connectivity index (χ0v) is 20.9. The third-order valence-electron chi connectivity index (χ3n) is 5.94. The van der Waals surface area contributed by atoms with Crippen molar-refractivity contribution in [3.8, 4) is 11.6 Å². The van der Waals surface area contributed by atoms with Crippen LogP contribution in [0.5, 0.6) is 5.88 Å². The van der Waals surface area contributed by atoms with Crippen molar-refractivity contribution in [2.24, 2.45) is 0 Å². The zero-order valence-electron chi connectivity index (χ0n) is 19.4. The molecular weight excluding hydrogens is 499 g/mol. The van der Waals surface area contributed by atoms with E-state index >= 15 is 0 Å². The maximum absolute atomic E-state index is 13.9. The van der Waals surface area contributed by atoms with Gasteiger partial charge in [-0.25, -0.2) is 9.58 Å². The van der Waals surface area contributed by atoms with E-state index in [1.54, 1.807) is 65.5 Å². The average molecular weight is 519 g/mol. The molecule has 0 atom stereocenters. The number of carbonyl (C=O) groups excluding carboxylic acids is 2. The van der Waals surface area contributed by atoms with Gasteiger partial charge in [-0.1, -0.05) is 48.3 Å². The summed E-state index contributed by atoms with van der Waals surface area (Å²) in [6.45, 7) is 3.71. The van der Waals surface area contributed by atoms with Crippen molar-refractivity contribution in [3.05, 3.63) is 99.9 Å². The van der Waals surface area contributed by atoms with E-state index in [4.69, 9.17) is 23.2 Å². The van der Waals surface area contributed by atoms with E-state index < -0.39 is 17.7 Å². The van der Waals surface area contributed by atoms with Crippen molar-refractivity contribution >= 4 is 52.0 Å². The largest absolute Gasteiger partial charge is 0.858 e. The summed E-state index contributed by atoms with van der Waals surface area (Å²) >= 11 is 12.2. The Bertz CT molecular complexity index is 1560. The number of halogens is 2. The molecule has 36 heavy (non-hydrogen) atoms. The number of hydrogen-bond acceptors (Lipinski definition) is 4. The molecule has 5 rings (SSSR count). The van der Waals surface area contributed by atoms with Gasteiger partial charge >= 0.3 is 5.91 Å². The predicted molar refractivity (Wildman–Crippen MR) is 136 cm³/mol. The second-order valence-electron chi connectivity index (χ2n) is 8.28. The van der Waals surface area contributed by atoms with E-state index in [1.165, 1.54) is 10.7 Å². The normalized spacial score (nSPS) is 13.7. The number of amides is 2. The molecule has 2 aromatic carbocycles. The number of nitrogens with zero attached hydrogens (tertiary/aromatic N) is 4. The van der Waals surface area contributed by atoms with Crippen molar-refractivity contribution in [3.63, 3.8) is 0 Å². The number of rotatable bonds is 5.